The largest absolute Gasteiger partial charge is 0.393 e. The summed E-state index contributed by atoms with van der Waals surface area (Å²) < 4.78 is 16.0. The highest BCUT2D eigenvalue weighted by molar-refractivity contribution is 6.30. The molecule has 0 radical (unpaired) electrons. The third-order valence-electron chi connectivity index (χ3n) is 5.63. The molecular formula is C24H21ClFN3O4. The van der Waals surface area contributed by atoms with Crippen LogP contribution in [-0.4, -0.2) is 27.6 Å². The molecule has 3 atom stereocenters. The molecule has 4 rings (SSSR count). The minimum Gasteiger partial charge on any atom is -0.393 e. The summed E-state index contributed by atoms with van der Waals surface area (Å²) in [5.41, 5.74) is 0.435. The topological polar surface area (TPSA) is 100 Å². The van der Waals surface area contributed by atoms with Crippen molar-refractivity contribution >= 4 is 34.8 Å². The molecule has 9 heteroatoms. The molecule has 7 nitrogen and oxygen atoms in total. The van der Waals surface area contributed by atoms with Gasteiger partial charge < -0.3 is 15.7 Å². The van der Waals surface area contributed by atoms with E-state index < -0.39 is 35.6 Å². The molecule has 1 fully saturated rings. The molecule has 1 aromatic heterocycles. The molecule has 0 saturated heterocycles. The zero-order valence-electron chi connectivity index (χ0n) is 17.4. The summed E-state index contributed by atoms with van der Waals surface area (Å²) in [4.78, 5) is 37.6. The third kappa shape index (κ3) is 5.13. The smallest absolute Gasteiger partial charge is 0.255 e. The van der Waals surface area contributed by atoms with E-state index in [0.29, 0.717) is 16.4 Å². The van der Waals surface area contributed by atoms with Crippen LogP contribution in [0.5, 0.6) is 0 Å². The Morgan fingerprint density at radius 1 is 0.970 bits per heavy atom. The fourth-order valence-electron chi connectivity index (χ4n) is 3.98. The first-order valence-corrected chi connectivity index (χ1v) is 10.7. The van der Waals surface area contributed by atoms with Crippen LogP contribution < -0.4 is 16.2 Å². The molecule has 2 aromatic carbocycles. The maximum atomic E-state index is 14.7. The third-order valence-corrected chi connectivity index (χ3v) is 5.89. The van der Waals surface area contributed by atoms with Crippen molar-refractivity contribution < 1.29 is 19.1 Å². The molecule has 3 N–H and O–H groups in total. The fourth-order valence-corrected chi connectivity index (χ4v) is 4.11. The number of aliphatic hydroxyl groups excluding tert-OH is 1. The highest BCUT2D eigenvalue weighted by atomic mass is 35.5. The number of carbonyl (C=O) groups excluding carboxylic acids is 2. The number of nitrogens with zero attached hydrogens (tertiary/aromatic N) is 1. The lowest BCUT2D eigenvalue weighted by Gasteiger charge is -2.19. The lowest BCUT2D eigenvalue weighted by molar-refractivity contribution is -0.128. The quantitative estimate of drug-likeness (QED) is 0.531. The van der Waals surface area contributed by atoms with Crippen molar-refractivity contribution in [3.8, 4) is 5.69 Å². The highest BCUT2D eigenvalue weighted by Gasteiger charge is 2.42. The molecule has 0 bridgehead atoms. The number of aliphatic hydroxyl groups is 1. The predicted octanol–water partition coefficient (Wildman–Crippen LogP) is 3.59. The second kappa shape index (κ2) is 9.56. The summed E-state index contributed by atoms with van der Waals surface area (Å²) in [6.07, 6.45) is 0.900. The number of hydrogen-bond acceptors (Lipinski definition) is 4. The number of aromatic nitrogens is 1. The number of hydrogen-bond donors (Lipinski definition) is 3. The van der Waals surface area contributed by atoms with Crippen LogP contribution in [0.2, 0.25) is 5.02 Å². The summed E-state index contributed by atoms with van der Waals surface area (Å²) in [6.45, 7) is 0. The number of nitrogens with one attached hydrogen (secondary N) is 2. The van der Waals surface area contributed by atoms with Crippen LogP contribution in [0, 0.1) is 17.7 Å². The maximum Gasteiger partial charge on any atom is 0.255 e. The average molecular weight is 470 g/mol. The zero-order chi connectivity index (χ0) is 23.5. The average Bonchev–Trinajstić information content (AvgIpc) is 3.19. The van der Waals surface area contributed by atoms with Crippen LogP contribution in [0.25, 0.3) is 5.69 Å². The number of benzene rings is 2. The number of amides is 2. The van der Waals surface area contributed by atoms with E-state index in [1.807, 2.05) is 0 Å². The van der Waals surface area contributed by atoms with Crippen molar-refractivity contribution in [2.75, 3.05) is 10.6 Å². The number of carbonyl (C=O) groups is 2. The van der Waals surface area contributed by atoms with Crippen molar-refractivity contribution in [2.24, 2.45) is 11.8 Å². The zero-order valence-corrected chi connectivity index (χ0v) is 18.1. The Labute approximate surface area is 193 Å². The van der Waals surface area contributed by atoms with Crippen LogP contribution in [0.3, 0.4) is 0 Å². The van der Waals surface area contributed by atoms with E-state index in [1.54, 1.807) is 36.4 Å². The van der Waals surface area contributed by atoms with Gasteiger partial charge in [0.1, 0.15) is 5.82 Å². The molecule has 0 aliphatic heterocycles. The fraction of sp³-hybridized carbons (Fsp3) is 0.208. The molecular weight excluding hydrogens is 449 g/mol. The number of anilines is 2. The van der Waals surface area contributed by atoms with Crippen LogP contribution in [-0.2, 0) is 9.59 Å². The molecule has 33 heavy (non-hydrogen) atoms. The number of pyridine rings is 1. The normalized spacial score (nSPS) is 19.8. The minimum absolute atomic E-state index is 0.0778. The molecule has 0 spiro atoms. The molecule has 1 heterocycles. The van der Waals surface area contributed by atoms with Crippen molar-refractivity contribution in [2.45, 2.75) is 18.9 Å². The molecule has 3 aromatic rings. The van der Waals surface area contributed by atoms with Crippen molar-refractivity contribution in [1.82, 2.24) is 4.57 Å². The molecule has 1 aliphatic carbocycles. The van der Waals surface area contributed by atoms with Gasteiger partial charge in [0, 0.05) is 29.0 Å². The molecule has 0 unspecified atom stereocenters. The molecule has 1 saturated carbocycles. The number of rotatable bonds is 5. The second-order valence-electron chi connectivity index (χ2n) is 7.90. The molecule has 170 valence electrons. The SMILES string of the molecule is O=C(Nc1ccc(Cl)cc1)[C@H]1C[C@@H](O)C[C@@H]1C(=O)Nc1ccc(-n2ccccc2=O)cc1F. The van der Waals surface area contributed by atoms with Gasteiger partial charge in [-0.1, -0.05) is 17.7 Å². The van der Waals surface area contributed by atoms with Gasteiger partial charge in [-0.15, -0.1) is 0 Å². The van der Waals surface area contributed by atoms with E-state index in [1.165, 1.54) is 29.0 Å². The van der Waals surface area contributed by atoms with Crippen molar-refractivity contribution in [3.63, 3.8) is 0 Å². The van der Waals surface area contributed by atoms with E-state index in [0.717, 1.165) is 6.07 Å². The van der Waals surface area contributed by atoms with Crippen LogP contribution in [0.1, 0.15) is 12.8 Å². The lowest BCUT2D eigenvalue weighted by atomic mass is 9.94. The standard InChI is InChI=1S/C24H21ClFN3O4/c25-14-4-6-15(7-5-14)27-23(32)18-12-17(30)13-19(18)24(33)28-21-9-8-16(11-20(21)26)29-10-2-1-3-22(29)31/h1-11,17-19,30H,12-13H2,(H,27,32)(H,28,33)/t17-,18+,19+/m1/s1. The van der Waals surface area contributed by atoms with Gasteiger partial charge >= 0.3 is 0 Å². The van der Waals surface area contributed by atoms with E-state index in [2.05, 4.69) is 10.6 Å². The van der Waals surface area contributed by atoms with Crippen molar-refractivity contribution in [3.05, 3.63) is 88.1 Å². The second-order valence-corrected chi connectivity index (χ2v) is 8.33. The Kier molecular flexibility index (Phi) is 6.57. The minimum atomic E-state index is -0.830. The summed E-state index contributed by atoms with van der Waals surface area (Å²) in [5, 5.41) is 15.9. The van der Waals surface area contributed by atoms with Gasteiger partial charge in [-0.25, -0.2) is 4.39 Å². The van der Waals surface area contributed by atoms with Gasteiger partial charge in [0.2, 0.25) is 11.8 Å². The van der Waals surface area contributed by atoms with E-state index in [4.69, 9.17) is 11.6 Å². The molecule has 2 amide bonds. The van der Waals surface area contributed by atoms with Crippen LogP contribution in [0.15, 0.2) is 71.7 Å². The Morgan fingerprint density at radius 2 is 1.64 bits per heavy atom. The Bertz CT molecular complexity index is 1240. The number of halogens is 2. The van der Waals surface area contributed by atoms with Gasteiger partial charge in [0.05, 0.1) is 29.3 Å². The van der Waals surface area contributed by atoms with Gasteiger partial charge in [-0.05, 0) is 55.3 Å². The van der Waals surface area contributed by atoms with Gasteiger partial charge in [-0.2, -0.15) is 0 Å². The van der Waals surface area contributed by atoms with Gasteiger partial charge in [-0.3, -0.25) is 19.0 Å². The summed E-state index contributed by atoms with van der Waals surface area (Å²) in [6, 6.07) is 15.1. The molecule has 1 aliphatic rings. The van der Waals surface area contributed by atoms with Crippen molar-refractivity contribution in [1.29, 1.82) is 0 Å². The monoisotopic (exact) mass is 469 g/mol. The Hall–Kier alpha value is -3.49. The van der Waals surface area contributed by atoms with Gasteiger partial charge in [0.25, 0.3) is 5.56 Å². The van der Waals surface area contributed by atoms with Crippen LogP contribution in [0.4, 0.5) is 15.8 Å². The van der Waals surface area contributed by atoms with E-state index in [-0.39, 0.29) is 24.1 Å². The first kappa shape index (κ1) is 22.7. The lowest BCUT2D eigenvalue weighted by Crippen LogP contribution is -2.33. The Balaban J connectivity index is 1.48. The summed E-state index contributed by atoms with van der Waals surface area (Å²) >= 11 is 5.86. The first-order chi connectivity index (χ1) is 15.8. The van der Waals surface area contributed by atoms with E-state index in [9.17, 15) is 23.9 Å². The van der Waals surface area contributed by atoms with Gasteiger partial charge in [0.15, 0.2) is 0 Å². The van der Waals surface area contributed by atoms with E-state index >= 15 is 0 Å². The Morgan fingerprint density at radius 3 is 2.27 bits per heavy atom. The summed E-state index contributed by atoms with van der Waals surface area (Å²) in [5.74, 6) is -3.30. The highest BCUT2D eigenvalue weighted by Crippen LogP contribution is 2.34. The maximum absolute atomic E-state index is 14.7. The summed E-state index contributed by atoms with van der Waals surface area (Å²) in [7, 11) is 0. The first-order valence-electron chi connectivity index (χ1n) is 10.3. The van der Waals surface area contributed by atoms with Crippen LogP contribution >= 0.6 is 11.6 Å². The predicted molar refractivity (Wildman–Crippen MR) is 123 cm³/mol.